The van der Waals surface area contributed by atoms with Gasteiger partial charge in [-0.2, -0.15) is 0 Å². The molecule has 9 heteroatoms. The maximum absolute atomic E-state index is 12.3. The van der Waals surface area contributed by atoms with Crippen LogP contribution in [0.2, 0.25) is 0 Å². The van der Waals surface area contributed by atoms with Crippen LogP contribution < -0.4 is 10.1 Å². The second kappa shape index (κ2) is 7.58. The van der Waals surface area contributed by atoms with Gasteiger partial charge in [-0.05, 0) is 32.0 Å². The summed E-state index contributed by atoms with van der Waals surface area (Å²) in [6, 6.07) is 5.57. The lowest BCUT2D eigenvalue weighted by atomic mass is 10.3. The molecule has 7 nitrogen and oxygen atoms in total. The van der Waals surface area contributed by atoms with E-state index in [1.807, 2.05) is 25.1 Å². The van der Waals surface area contributed by atoms with Crippen LogP contribution in [0, 0.1) is 0 Å². The summed E-state index contributed by atoms with van der Waals surface area (Å²) in [6.45, 7) is 4.48. The molecule has 1 aromatic carbocycles. The molecule has 0 aliphatic carbocycles. The molecule has 0 atom stereocenters. The van der Waals surface area contributed by atoms with E-state index >= 15 is 0 Å². The fraction of sp³-hybridized carbons (Fsp3) is 0.250. The van der Waals surface area contributed by atoms with E-state index in [0.29, 0.717) is 16.6 Å². The van der Waals surface area contributed by atoms with Crippen molar-refractivity contribution >= 4 is 49.9 Å². The van der Waals surface area contributed by atoms with Crippen LogP contribution in [0.3, 0.4) is 0 Å². The molecule has 0 aliphatic rings. The first kappa shape index (κ1) is 17.3. The highest BCUT2D eigenvalue weighted by atomic mass is 32.1. The number of aromatic nitrogens is 2. The summed E-state index contributed by atoms with van der Waals surface area (Å²) in [4.78, 5) is 32.5. The van der Waals surface area contributed by atoms with Crippen molar-refractivity contribution in [3.05, 3.63) is 34.3 Å². The maximum atomic E-state index is 12.3. The second-order valence-electron chi connectivity index (χ2n) is 4.79. The topological polar surface area (TPSA) is 90.4 Å². The summed E-state index contributed by atoms with van der Waals surface area (Å²) in [5.41, 5.74) is 0.778. The van der Waals surface area contributed by atoms with Gasteiger partial charge in [0.2, 0.25) is 5.01 Å². The van der Waals surface area contributed by atoms with Gasteiger partial charge in [-0.1, -0.05) is 11.3 Å². The number of ether oxygens (including phenoxy) is 2. The minimum Gasteiger partial charge on any atom is -0.494 e. The molecule has 0 saturated carbocycles. The zero-order chi connectivity index (χ0) is 17.8. The monoisotopic (exact) mass is 377 g/mol. The first-order valence-corrected chi connectivity index (χ1v) is 9.21. The Bertz CT molecular complexity index is 919. The third kappa shape index (κ3) is 3.94. The summed E-state index contributed by atoms with van der Waals surface area (Å²) in [7, 11) is 0. The number of hydrogen-bond donors (Lipinski definition) is 1. The predicted octanol–water partition coefficient (Wildman–Crippen LogP) is 3.58. The third-order valence-electron chi connectivity index (χ3n) is 3.07. The molecule has 0 radical (unpaired) electrons. The number of fused-ring (bicyclic) bond motifs is 1. The quantitative estimate of drug-likeness (QED) is 0.660. The molecule has 0 fully saturated rings. The van der Waals surface area contributed by atoms with Crippen molar-refractivity contribution in [1.29, 1.82) is 0 Å². The number of esters is 1. The van der Waals surface area contributed by atoms with E-state index in [0.717, 1.165) is 27.3 Å². The Morgan fingerprint density at radius 2 is 2.04 bits per heavy atom. The van der Waals surface area contributed by atoms with Crippen LogP contribution in [0.25, 0.3) is 10.2 Å². The van der Waals surface area contributed by atoms with Crippen LogP contribution in [0.1, 0.15) is 33.3 Å². The molecule has 130 valence electrons. The Morgan fingerprint density at radius 3 is 2.80 bits per heavy atom. The Morgan fingerprint density at radius 1 is 1.20 bits per heavy atom. The molecular formula is C16H15N3O4S2. The second-order valence-corrected chi connectivity index (χ2v) is 6.85. The number of carbonyl (C=O) groups is 2. The van der Waals surface area contributed by atoms with Crippen molar-refractivity contribution in [2.24, 2.45) is 0 Å². The van der Waals surface area contributed by atoms with E-state index in [2.05, 4.69) is 15.3 Å². The summed E-state index contributed by atoms with van der Waals surface area (Å²) in [5, 5.41) is 3.35. The number of nitrogens with zero attached hydrogens (tertiary/aromatic N) is 2. The van der Waals surface area contributed by atoms with E-state index < -0.39 is 5.97 Å². The Hall–Kier alpha value is -2.52. The summed E-state index contributed by atoms with van der Waals surface area (Å²) < 4.78 is 11.2. The smallest absolute Gasteiger partial charge is 0.367 e. The lowest BCUT2D eigenvalue weighted by Crippen LogP contribution is -2.09. The van der Waals surface area contributed by atoms with Gasteiger partial charge >= 0.3 is 5.97 Å². The van der Waals surface area contributed by atoms with Gasteiger partial charge in [-0.15, -0.1) is 11.3 Å². The standard InChI is InChI=1S/C16H15N3O4S2/c1-3-22-9-5-6-10-11(7-9)25-16(18-10)19-13(20)12-8-17-14(24-12)15(21)23-4-2/h5-8H,3-4H2,1-2H3,(H,18,19,20). The molecule has 0 bridgehead atoms. The minimum atomic E-state index is -0.532. The lowest BCUT2D eigenvalue weighted by molar-refractivity contribution is 0.0526. The highest BCUT2D eigenvalue weighted by molar-refractivity contribution is 7.22. The van der Waals surface area contributed by atoms with Crippen LogP contribution in [0.5, 0.6) is 5.75 Å². The average Bonchev–Trinajstić information content (AvgIpc) is 3.21. The molecule has 25 heavy (non-hydrogen) atoms. The third-order valence-corrected chi connectivity index (χ3v) is 4.98. The van der Waals surface area contributed by atoms with Gasteiger partial charge in [-0.25, -0.2) is 14.8 Å². The summed E-state index contributed by atoms with van der Waals surface area (Å²) in [5.74, 6) is -0.134. The van der Waals surface area contributed by atoms with Crippen molar-refractivity contribution in [2.45, 2.75) is 13.8 Å². The SMILES string of the molecule is CCOC(=O)c1ncc(C(=O)Nc2nc3ccc(OCC)cc3s2)s1. The molecule has 2 aromatic heterocycles. The number of thiazole rings is 2. The zero-order valence-corrected chi connectivity index (χ0v) is 15.2. The number of nitrogens with one attached hydrogen (secondary N) is 1. The molecule has 1 amide bonds. The van der Waals surface area contributed by atoms with Gasteiger partial charge in [0, 0.05) is 0 Å². The minimum absolute atomic E-state index is 0.151. The Balaban J connectivity index is 1.74. The van der Waals surface area contributed by atoms with Gasteiger partial charge in [-0.3, -0.25) is 10.1 Å². The van der Waals surface area contributed by atoms with Crippen LogP contribution >= 0.6 is 22.7 Å². The van der Waals surface area contributed by atoms with Crippen LogP contribution in [-0.4, -0.2) is 35.1 Å². The van der Waals surface area contributed by atoms with Crippen molar-refractivity contribution in [1.82, 2.24) is 9.97 Å². The van der Waals surface area contributed by atoms with Crippen molar-refractivity contribution < 1.29 is 19.1 Å². The van der Waals surface area contributed by atoms with Gasteiger partial charge in [0.1, 0.15) is 10.6 Å². The molecule has 1 N–H and O–H groups in total. The Kier molecular flexibility index (Phi) is 5.25. The van der Waals surface area contributed by atoms with Gasteiger partial charge in [0.05, 0.1) is 29.6 Å². The molecule has 0 spiro atoms. The van der Waals surface area contributed by atoms with Gasteiger partial charge in [0.15, 0.2) is 5.13 Å². The molecule has 3 aromatic rings. The van der Waals surface area contributed by atoms with E-state index in [1.54, 1.807) is 6.92 Å². The van der Waals surface area contributed by atoms with Gasteiger partial charge < -0.3 is 9.47 Å². The van der Waals surface area contributed by atoms with Crippen molar-refractivity contribution in [2.75, 3.05) is 18.5 Å². The van der Waals surface area contributed by atoms with E-state index in [-0.39, 0.29) is 17.5 Å². The van der Waals surface area contributed by atoms with E-state index in [1.165, 1.54) is 17.5 Å². The van der Waals surface area contributed by atoms with E-state index in [9.17, 15) is 9.59 Å². The van der Waals surface area contributed by atoms with Crippen molar-refractivity contribution in [3.63, 3.8) is 0 Å². The maximum Gasteiger partial charge on any atom is 0.367 e. The molecule has 0 aliphatic heterocycles. The molecular weight excluding hydrogens is 362 g/mol. The fourth-order valence-electron chi connectivity index (χ4n) is 2.04. The normalized spacial score (nSPS) is 10.6. The number of anilines is 1. The largest absolute Gasteiger partial charge is 0.494 e. The Labute approximate surface area is 151 Å². The average molecular weight is 377 g/mol. The molecule has 0 unspecified atom stereocenters. The van der Waals surface area contributed by atoms with Crippen LogP contribution in [0.4, 0.5) is 5.13 Å². The van der Waals surface area contributed by atoms with Crippen LogP contribution in [-0.2, 0) is 4.74 Å². The lowest BCUT2D eigenvalue weighted by Gasteiger charge is -2.00. The number of amides is 1. The summed E-state index contributed by atoms with van der Waals surface area (Å²) in [6.07, 6.45) is 1.35. The van der Waals surface area contributed by atoms with Gasteiger partial charge in [0.25, 0.3) is 5.91 Å². The summed E-state index contributed by atoms with van der Waals surface area (Å²) >= 11 is 2.33. The highest BCUT2D eigenvalue weighted by Gasteiger charge is 2.17. The highest BCUT2D eigenvalue weighted by Crippen LogP contribution is 2.29. The fourth-order valence-corrected chi connectivity index (χ4v) is 3.63. The van der Waals surface area contributed by atoms with Crippen molar-refractivity contribution in [3.8, 4) is 5.75 Å². The van der Waals surface area contributed by atoms with E-state index in [4.69, 9.17) is 9.47 Å². The first-order valence-electron chi connectivity index (χ1n) is 7.58. The number of benzene rings is 1. The van der Waals surface area contributed by atoms with Crippen LogP contribution in [0.15, 0.2) is 24.4 Å². The molecule has 3 rings (SSSR count). The number of rotatable bonds is 6. The number of hydrogen-bond acceptors (Lipinski definition) is 8. The zero-order valence-electron chi connectivity index (χ0n) is 13.6. The predicted molar refractivity (Wildman–Crippen MR) is 96.8 cm³/mol. The molecule has 2 heterocycles. The molecule has 0 saturated heterocycles. The number of carbonyl (C=O) groups excluding carboxylic acids is 2. The first-order chi connectivity index (χ1) is 12.1.